The summed E-state index contributed by atoms with van der Waals surface area (Å²) in [6.45, 7) is -0.00349. The summed E-state index contributed by atoms with van der Waals surface area (Å²) in [5.41, 5.74) is 1.58. The normalized spacial score (nSPS) is 11.0. The molecule has 2 aromatic rings. The fourth-order valence-electron chi connectivity index (χ4n) is 1.54. The summed E-state index contributed by atoms with van der Waals surface area (Å²) in [4.78, 5) is 0. The summed E-state index contributed by atoms with van der Waals surface area (Å²) in [5.74, 6) is 5.32. The van der Waals surface area contributed by atoms with Crippen molar-refractivity contribution in [3.8, 4) is 11.8 Å². The lowest BCUT2D eigenvalue weighted by Crippen LogP contribution is -2.22. The van der Waals surface area contributed by atoms with Gasteiger partial charge in [0.25, 0.3) is 0 Å². The number of nitrogens with one attached hydrogen (secondary N) is 1. The Morgan fingerprint density at radius 1 is 1.19 bits per heavy atom. The molecule has 0 aliphatic carbocycles. The number of hydrogen-bond donors (Lipinski definition) is 2. The highest BCUT2D eigenvalue weighted by Crippen LogP contribution is 2.25. The first kappa shape index (κ1) is 16.0. The van der Waals surface area contributed by atoms with Crippen molar-refractivity contribution in [3.05, 3.63) is 51.9 Å². The molecule has 0 aliphatic heterocycles. The topological polar surface area (TPSA) is 66.4 Å². The summed E-state index contributed by atoms with van der Waals surface area (Å²) in [6, 6.07) is 10.1. The van der Waals surface area contributed by atoms with Crippen molar-refractivity contribution in [2.45, 2.75) is 10.8 Å². The highest BCUT2D eigenvalue weighted by atomic mass is 35.5. The van der Waals surface area contributed by atoms with Crippen LogP contribution in [0.25, 0.3) is 0 Å². The number of hydrogen-bond acceptors (Lipinski definition) is 4. The zero-order chi connectivity index (χ0) is 15.3. The Morgan fingerprint density at radius 2 is 1.90 bits per heavy atom. The van der Waals surface area contributed by atoms with E-state index < -0.39 is 10.0 Å². The summed E-state index contributed by atoms with van der Waals surface area (Å²) < 4.78 is 27.2. The molecule has 7 heteroatoms. The van der Waals surface area contributed by atoms with E-state index in [2.05, 4.69) is 16.6 Å². The van der Waals surface area contributed by atoms with E-state index in [1.165, 1.54) is 6.07 Å². The maximum Gasteiger partial charge on any atom is 0.250 e. The predicted octanol–water partition coefficient (Wildman–Crippen LogP) is 2.22. The average molecular weight is 342 g/mol. The van der Waals surface area contributed by atoms with Crippen LogP contribution in [0.2, 0.25) is 4.34 Å². The van der Waals surface area contributed by atoms with Gasteiger partial charge in [-0.2, -0.15) is 0 Å². The lowest BCUT2D eigenvalue weighted by Gasteiger charge is -2.05. The number of benzene rings is 1. The minimum absolute atomic E-state index is 0.186. The largest absolute Gasteiger partial charge is 0.384 e. The molecule has 0 spiro atoms. The molecule has 1 aromatic carbocycles. The molecule has 1 aromatic heterocycles. The van der Waals surface area contributed by atoms with Crippen molar-refractivity contribution >= 4 is 33.0 Å². The van der Waals surface area contributed by atoms with Gasteiger partial charge in [-0.15, -0.1) is 11.3 Å². The molecule has 0 aliphatic rings. The molecule has 0 bridgehead atoms. The second-order valence-corrected chi connectivity index (χ2v) is 7.75. The molecular weight excluding hydrogens is 330 g/mol. The van der Waals surface area contributed by atoms with E-state index in [9.17, 15) is 8.42 Å². The molecule has 4 nitrogen and oxygen atoms in total. The molecular formula is C14H12ClNO3S2. The Labute approximate surface area is 132 Å². The molecule has 0 atom stereocenters. The van der Waals surface area contributed by atoms with Crippen LogP contribution in [0.15, 0.2) is 40.6 Å². The van der Waals surface area contributed by atoms with Gasteiger partial charge >= 0.3 is 0 Å². The molecule has 0 saturated carbocycles. The van der Waals surface area contributed by atoms with Gasteiger partial charge < -0.3 is 5.11 Å². The van der Waals surface area contributed by atoms with E-state index in [0.29, 0.717) is 4.34 Å². The predicted molar refractivity (Wildman–Crippen MR) is 83.8 cm³/mol. The standard InChI is InChI=1S/C14H12ClNO3S2/c15-13-7-8-14(20-13)21(18,19)16-10-12-5-3-11(4-6-12)2-1-9-17/h3-8,16-17H,9-10H2. The SMILES string of the molecule is O=S(=O)(NCc1ccc(C#CCO)cc1)c1ccc(Cl)s1. The van der Waals surface area contributed by atoms with Crippen LogP contribution in [-0.2, 0) is 16.6 Å². The third-order valence-electron chi connectivity index (χ3n) is 2.55. The van der Waals surface area contributed by atoms with Gasteiger partial charge in [0.15, 0.2) is 0 Å². The number of sulfonamides is 1. The first-order valence-corrected chi connectivity index (χ1v) is 8.63. The van der Waals surface area contributed by atoms with Gasteiger partial charge in [-0.3, -0.25) is 0 Å². The van der Waals surface area contributed by atoms with Crippen LogP contribution in [0.3, 0.4) is 0 Å². The van der Waals surface area contributed by atoms with Gasteiger partial charge in [0.1, 0.15) is 10.8 Å². The average Bonchev–Trinajstić information content (AvgIpc) is 2.91. The van der Waals surface area contributed by atoms with Crippen molar-refractivity contribution < 1.29 is 13.5 Å². The van der Waals surface area contributed by atoms with Crippen LogP contribution in [0.5, 0.6) is 0 Å². The fourth-order valence-corrected chi connectivity index (χ4v) is 4.08. The van der Waals surface area contributed by atoms with Crippen molar-refractivity contribution in [1.82, 2.24) is 4.72 Å². The molecule has 2 N–H and O–H groups in total. The lowest BCUT2D eigenvalue weighted by molar-refractivity contribution is 0.350. The summed E-state index contributed by atoms with van der Waals surface area (Å²) >= 11 is 6.75. The van der Waals surface area contributed by atoms with E-state index in [1.54, 1.807) is 30.3 Å². The molecule has 1 heterocycles. The smallest absolute Gasteiger partial charge is 0.250 e. The van der Waals surface area contributed by atoms with Gasteiger partial charge in [0.05, 0.1) is 4.34 Å². The third kappa shape index (κ3) is 4.56. The van der Waals surface area contributed by atoms with Gasteiger partial charge in [0, 0.05) is 12.1 Å². The fraction of sp³-hybridized carbons (Fsp3) is 0.143. The van der Waals surface area contributed by atoms with Crippen LogP contribution in [0.4, 0.5) is 0 Å². The van der Waals surface area contributed by atoms with Gasteiger partial charge in [0.2, 0.25) is 10.0 Å². The van der Waals surface area contributed by atoms with Crippen molar-refractivity contribution in [2.75, 3.05) is 6.61 Å². The Hall–Kier alpha value is -1.36. The van der Waals surface area contributed by atoms with E-state index in [1.807, 2.05) is 0 Å². The van der Waals surface area contributed by atoms with Crippen LogP contribution < -0.4 is 4.72 Å². The summed E-state index contributed by atoms with van der Waals surface area (Å²) in [5, 5.41) is 8.61. The second kappa shape index (κ2) is 7.07. The van der Waals surface area contributed by atoms with Crippen molar-refractivity contribution in [1.29, 1.82) is 0 Å². The second-order valence-electron chi connectivity index (χ2n) is 4.04. The van der Waals surface area contributed by atoms with Gasteiger partial charge in [-0.25, -0.2) is 13.1 Å². The highest BCUT2D eigenvalue weighted by Gasteiger charge is 2.15. The maximum absolute atomic E-state index is 12.0. The first-order chi connectivity index (χ1) is 10.0. The van der Waals surface area contributed by atoms with Crippen LogP contribution in [0.1, 0.15) is 11.1 Å². The van der Waals surface area contributed by atoms with Gasteiger partial charge in [-0.05, 0) is 29.8 Å². The van der Waals surface area contributed by atoms with E-state index in [4.69, 9.17) is 16.7 Å². The number of thiophene rings is 1. The Kier molecular flexibility index (Phi) is 5.39. The maximum atomic E-state index is 12.0. The van der Waals surface area contributed by atoms with Crippen molar-refractivity contribution in [2.24, 2.45) is 0 Å². The summed E-state index contributed by atoms with van der Waals surface area (Å²) in [6.07, 6.45) is 0. The van der Waals surface area contributed by atoms with Crippen LogP contribution >= 0.6 is 22.9 Å². The third-order valence-corrected chi connectivity index (χ3v) is 5.67. The minimum atomic E-state index is -3.54. The molecule has 110 valence electrons. The van der Waals surface area contributed by atoms with Crippen LogP contribution in [-0.4, -0.2) is 20.1 Å². The molecule has 0 amide bonds. The van der Waals surface area contributed by atoms with Gasteiger partial charge in [-0.1, -0.05) is 35.6 Å². The number of halogens is 1. The van der Waals surface area contributed by atoms with E-state index >= 15 is 0 Å². The van der Waals surface area contributed by atoms with E-state index in [0.717, 1.165) is 22.5 Å². The lowest BCUT2D eigenvalue weighted by atomic mass is 10.1. The van der Waals surface area contributed by atoms with Crippen molar-refractivity contribution in [3.63, 3.8) is 0 Å². The first-order valence-electron chi connectivity index (χ1n) is 5.95. The zero-order valence-electron chi connectivity index (χ0n) is 10.8. The molecule has 0 saturated heterocycles. The monoisotopic (exact) mass is 341 g/mol. The quantitative estimate of drug-likeness (QED) is 0.838. The number of aliphatic hydroxyl groups excluding tert-OH is 1. The Morgan fingerprint density at radius 3 is 2.48 bits per heavy atom. The molecule has 21 heavy (non-hydrogen) atoms. The molecule has 0 radical (unpaired) electrons. The number of rotatable bonds is 4. The molecule has 0 fully saturated rings. The van der Waals surface area contributed by atoms with Crippen LogP contribution in [0, 0.1) is 11.8 Å². The number of aliphatic hydroxyl groups is 1. The highest BCUT2D eigenvalue weighted by molar-refractivity contribution is 7.91. The zero-order valence-corrected chi connectivity index (χ0v) is 13.2. The molecule has 0 unspecified atom stereocenters. The minimum Gasteiger partial charge on any atom is -0.384 e. The Balaban J connectivity index is 2.03. The Bertz CT molecular complexity index is 771. The van der Waals surface area contributed by atoms with E-state index in [-0.39, 0.29) is 17.4 Å². The molecule has 2 rings (SSSR count). The summed E-state index contributed by atoms with van der Waals surface area (Å²) in [7, 11) is -3.54.